The molecule has 0 saturated carbocycles. The average molecular weight is 464 g/mol. The minimum atomic E-state index is -0.574. The van der Waals surface area contributed by atoms with Crippen molar-refractivity contribution in [2.75, 3.05) is 0 Å². The lowest BCUT2D eigenvalue weighted by Gasteiger charge is -2.07. The second kappa shape index (κ2) is 7.25. The molecule has 0 saturated heterocycles. The summed E-state index contributed by atoms with van der Waals surface area (Å²) in [4.78, 5) is 12.2. The van der Waals surface area contributed by atoms with E-state index in [-0.39, 0.29) is 17.1 Å². The van der Waals surface area contributed by atoms with Crippen molar-refractivity contribution in [2.45, 2.75) is 0 Å². The van der Waals surface area contributed by atoms with Gasteiger partial charge < -0.3 is 10.2 Å². The zero-order chi connectivity index (χ0) is 18.0. The number of carbonyl (C=O) groups excluding carboxylic acids is 1. The fraction of sp³-hybridized carbons (Fsp3) is 0. The first kappa shape index (κ1) is 17.4. The third-order valence-electron chi connectivity index (χ3n) is 3.58. The van der Waals surface area contributed by atoms with Gasteiger partial charge in [-0.25, -0.2) is 5.43 Å². The number of hydrazone groups is 1. The second-order valence-electron chi connectivity index (χ2n) is 5.20. The van der Waals surface area contributed by atoms with Crippen LogP contribution in [0.1, 0.15) is 15.9 Å². The molecule has 0 aromatic heterocycles. The number of nitrogens with zero attached hydrogens (tertiary/aromatic N) is 1. The first-order valence-electron chi connectivity index (χ1n) is 7.19. The van der Waals surface area contributed by atoms with Crippen molar-refractivity contribution in [1.82, 2.24) is 5.43 Å². The van der Waals surface area contributed by atoms with Crippen LogP contribution in [0.2, 0.25) is 0 Å². The van der Waals surface area contributed by atoms with Gasteiger partial charge in [-0.05, 0) is 44.9 Å². The van der Waals surface area contributed by atoms with E-state index >= 15 is 0 Å². The largest absolute Gasteiger partial charge is 0.507 e. The van der Waals surface area contributed by atoms with Gasteiger partial charge in [-0.1, -0.05) is 46.3 Å². The highest BCUT2D eigenvalue weighted by atomic mass is 79.9. The zero-order valence-electron chi connectivity index (χ0n) is 12.7. The Bertz CT molecular complexity index is 1000. The summed E-state index contributed by atoms with van der Waals surface area (Å²) in [6.07, 6.45) is 1.37. The van der Waals surface area contributed by atoms with Crippen molar-refractivity contribution in [3.8, 4) is 11.5 Å². The molecule has 0 aliphatic heterocycles. The minimum Gasteiger partial charge on any atom is -0.507 e. The molecule has 7 heteroatoms. The molecule has 0 spiro atoms. The summed E-state index contributed by atoms with van der Waals surface area (Å²) >= 11 is 6.44. The van der Waals surface area contributed by atoms with Crippen LogP contribution in [0.5, 0.6) is 11.5 Å². The number of nitrogens with one attached hydrogen (secondary N) is 1. The van der Waals surface area contributed by atoms with Gasteiger partial charge in [-0.3, -0.25) is 4.79 Å². The number of phenols is 2. The Morgan fingerprint density at radius 2 is 1.84 bits per heavy atom. The first-order valence-corrected chi connectivity index (χ1v) is 8.78. The van der Waals surface area contributed by atoms with E-state index in [1.54, 1.807) is 18.2 Å². The van der Waals surface area contributed by atoms with Crippen LogP contribution in [-0.2, 0) is 0 Å². The van der Waals surface area contributed by atoms with Crippen LogP contribution in [0.25, 0.3) is 10.8 Å². The lowest BCUT2D eigenvalue weighted by atomic mass is 10.0. The number of rotatable bonds is 3. The molecule has 0 radical (unpaired) electrons. The highest BCUT2D eigenvalue weighted by molar-refractivity contribution is 9.11. The molecular weight excluding hydrogens is 452 g/mol. The molecule has 0 fully saturated rings. The molecule has 0 heterocycles. The molecule has 5 nitrogen and oxygen atoms in total. The highest BCUT2D eigenvalue weighted by Gasteiger charge is 2.14. The van der Waals surface area contributed by atoms with Gasteiger partial charge in [-0.15, -0.1) is 0 Å². The number of hydrogen-bond acceptors (Lipinski definition) is 4. The van der Waals surface area contributed by atoms with Crippen LogP contribution < -0.4 is 5.43 Å². The quantitative estimate of drug-likeness (QED) is 0.394. The molecule has 0 atom stereocenters. The monoisotopic (exact) mass is 462 g/mol. The van der Waals surface area contributed by atoms with Gasteiger partial charge >= 0.3 is 0 Å². The standard InChI is InChI=1S/C18H12Br2N2O3/c19-11-7-13(17(24)15(20)8-11)18(25)22-21-9-14-12-4-2-1-3-10(12)5-6-16(14)23/h1-9,23-24H,(H,22,25)/b21-9+. The van der Waals surface area contributed by atoms with E-state index < -0.39 is 5.91 Å². The van der Waals surface area contributed by atoms with Crippen LogP contribution in [0, 0.1) is 0 Å². The van der Waals surface area contributed by atoms with Crippen LogP contribution >= 0.6 is 31.9 Å². The van der Waals surface area contributed by atoms with E-state index in [0.717, 1.165) is 10.8 Å². The Morgan fingerprint density at radius 1 is 1.08 bits per heavy atom. The molecule has 25 heavy (non-hydrogen) atoms. The molecule has 3 aromatic carbocycles. The van der Waals surface area contributed by atoms with Gasteiger partial charge in [0.25, 0.3) is 5.91 Å². The van der Waals surface area contributed by atoms with Gasteiger partial charge in [0.15, 0.2) is 0 Å². The predicted molar refractivity (Wildman–Crippen MR) is 104 cm³/mol. The van der Waals surface area contributed by atoms with E-state index in [9.17, 15) is 15.0 Å². The summed E-state index contributed by atoms with van der Waals surface area (Å²) in [5.41, 5.74) is 2.92. The second-order valence-corrected chi connectivity index (χ2v) is 6.97. The topological polar surface area (TPSA) is 81.9 Å². The number of aromatic hydroxyl groups is 2. The fourth-order valence-electron chi connectivity index (χ4n) is 2.37. The van der Waals surface area contributed by atoms with Crippen molar-refractivity contribution in [2.24, 2.45) is 5.10 Å². The van der Waals surface area contributed by atoms with Gasteiger partial charge in [0.2, 0.25) is 0 Å². The van der Waals surface area contributed by atoms with E-state index in [4.69, 9.17) is 0 Å². The number of hydrogen-bond donors (Lipinski definition) is 3. The van der Waals surface area contributed by atoms with Crippen LogP contribution in [-0.4, -0.2) is 22.3 Å². The molecular formula is C18H12Br2N2O3. The lowest BCUT2D eigenvalue weighted by molar-refractivity contribution is 0.0952. The number of carbonyl (C=O) groups is 1. The fourth-order valence-corrected chi connectivity index (χ4v) is 3.60. The molecule has 0 bridgehead atoms. The molecule has 0 aliphatic rings. The van der Waals surface area contributed by atoms with Crippen LogP contribution in [0.3, 0.4) is 0 Å². The smallest absolute Gasteiger partial charge is 0.275 e. The van der Waals surface area contributed by atoms with Crippen LogP contribution in [0.4, 0.5) is 0 Å². The van der Waals surface area contributed by atoms with Gasteiger partial charge in [0.1, 0.15) is 11.5 Å². The molecule has 126 valence electrons. The Hall–Kier alpha value is -2.38. The Labute approximate surface area is 160 Å². The zero-order valence-corrected chi connectivity index (χ0v) is 15.9. The SMILES string of the molecule is O=C(N/N=C/c1c(O)ccc2ccccc12)c1cc(Br)cc(Br)c1O. The summed E-state index contributed by atoms with van der Waals surface area (Å²) in [6, 6.07) is 14.0. The molecule has 3 aromatic rings. The third-order valence-corrected chi connectivity index (χ3v) is 4.64. The average Bonchev–Trinajstić information content (AvgIpc) is 2.59. The summed E-state index contributed by atoms with van der Waals surface area (Å²) < 4.78 is 1.03. The Kier molecular flexibility index (Phi) is 5.06. The molecule has 0 aliphatic carbocycles. The van der Waals surface area contributed by atoms with Gasteiger partial charge in [-0.2, -0.15) is 5.10 Å². The molecule has 1 amide bonds. The van der Waals surface area contributed by atoms with Crippen molar-refractivity contribution >= 4 is 54.8 Å². The lowest BCUT2D eigenvalue weighted by Crippen LogP contribution is -2.18. The van der Waals surface area contributed by atoms with Crippen molar-refractivity contribution in [1.29, 1.82) is 0 Å². The predicted octanol–water partition coefficient (Wildman–Crippen LogP) is 4.54. The number of halogens is 2. The number of benzene rings is 3. The van der Waals surface area contributed by atoms with Crippen LogP contribution in [0.15, 0.2) is 62.6 Å². The van der Waals surface area contributed by atoms with Crippen molar-refractivity contribution < 1.29 is 15.0 Å². The number of amides is 1. The van der Waals surface area contributed by atoms with Crippen molar-refractivity contribution in [3.63, 3.8) is 0 Å². The van der Waals surface area contributed by atoms with E-state index in [0.29, 0.717) is 14.5 Å². The van der Waals surface area contributed by atoms with Gasteiger partial charge in [0, 0.05) is 10.0 Å². The normalized spacial score (nSPS) is 11.1. The minimum absolute atomic E-state index is 0.0600. The molecule has 3 rings (SSSR count). The maximum atomic E-state index is 12.2. The number of phenolic OH excluding ortho intramolecular Hbond substituents is 2. The molecule has 3 N–H and O–H groups in total. The van der Waals surface area contributed by atoms with E-state index in [2.05, 4.69) is 42.4 Å². The summed E-state index contributed by atoms with van der Waals surface area (Å²) in [5, 5.41) is 25.7. The van der Waals surface area contributed by atoms with Gasteiger partial charge in [0.05, 0.1) is 16.3 Å². The Morgan fingerprint density at radius 3 is 2.64 bits per heavy atom. The summed E-state index contributed by atoms with van der Waals surface area (Å²) in [6.45, 7) is 0. The number of fused-ring (bicyclic) bond motifs is 1. The maximum absolute atomic E-state index is 12.2. The summed E-state index contributed by atoms with van der Waals surface area (Å²) in [7, 11) is 0. The third kappa shape index (κ3) is 3.67. The van der Waals surface area contributed by atoms with E-state index in [1.165, 1.54) is 12.3 Å². The van der Waals surface area contributed by atoms with Crippen molar-refractivity contribution in [3.05, 3.63) is 68.6 Å². The van der Waals surface area contributed by atoms with E-state index in [1.807, 2.05) is 24.3 Å². The first-order chi connectivity index (χ1) is 12.0. The molecule has 0 unspecified atom stereocenters. The Balaban J connectivity index is 1.87. The maximum Gasteiger partial charge on any atom is 0.275 e. The summed E-state index contributed by atoms with van der Waals surface area (Å²) in [5.74, 6) is -0.691. The highest BCUT2D eigenvalue weighted by Crippen LogP contribution is 2.31.